The molecular weight excluding hydrogens is 288 g/mol. The highest BCUT2D eigenvalue weighted by Crippen LogP contribution is 2.17. The molecule has 1 fully saturated rings. The molecule has 2 rings (SSSR count). The summed E-state index contributed by atoms with van der Waals surface area (Å²) in [6.45, 7) is 2.50. The first-order valence-corrected chi connectivity index (χ1v) is 7.43. The average molecular weight is 313 g/mol. The highest BCUT2D eigenvalue weighted by Gasteiger charge is 2.21. The van der Waals surface area contributed by atoms with Gasteiger partial charge in [-0.1, -0.05) is 30.3 Å². The summed E-state index contributed by atoms with van der Waals surface area (Å²) in [6, 6.07) is 10.0. The second-order valence-electron chi connectivity index (χ2n) is 5.28. The average Bonchev–Trinajstić information content (AvgIpc) is 2.49. The molecule has 1 aliphatic heterocycles. The highest BCUT2D eigenvalue weighted by molar-refractivity contribution is 5.85. The lowest BCUT2D eigenvalue weighted by molar-refractivity contribution is -0.135. The van der Waals surface area contributed by atoms with E-state index in [0.29, 0.717) is 26.1 Å². The Morgan fingerprint density at radius 1 is 1.29 bits per heavy atom. The topological polar surface area (TPSA) is 55.6 Å². The van der Waals surface area contributed by atoms with Crippen LogP contribution in [0.5, 0.6) is 0 Å². The molecule has 5 heteroatoms. The van der Waals surface area contributed by atoms with Crippen LogP contribution in [0.4, 0.5) is 0 Å². The Hall–Kier alpha value is -1.10. The number of carbonyl (C=O) groups is 1. The van der Waals surface area contributed by atoms with Gasteiger partial charge < -0.3 is 15.4 Å². The molecular formula is C16H25ClN2O2. The first kappa shape index (κ1) is 18.0. The maximum absolute atomic E-state index is 12.4. The van der Waals surface area contributed by atoms with Gasteiger partial charge in [0.1, 0.15) is 0 Å². The third-order valence-electron chi connectivity index (χ3n) is 3.64. The Bertz CT molecular complexity index is 408. The van der Waals surface area contributed by atoms with Crippen molar-refractivity contribution in [3.63, 3.8) is 0 Å². The van der Waals surface area contributed by atoms with Gasteiger partial charge in [0, 0.05) is 26.2 Å². The van der Waals surface area contributed by atoms with Crippen LogP contribution in [-0.4, -0.2) is 36.6 Å². The molecule has 0 saturated carbocycles. The molecule has 0 aliphatic carbocycles. The van der Waals surface area contributed by atoms with E-state index >= 15 is 0 Å². The second kappa shape index (κ2) is 9.77. The normalized spacial score (nSPS) is 17.9. The van der Waals surface area contributed by atoms with Crippen molar-refractivity contribution in [2.45, 2.75) is 38.3 Å². The van der Waals surface area contributed by atoms with Crippen LogP contribution in [0.2, 0.25) is 0 Å². The van der Waals surface area contributed by atoms with Gasteiger partial charge in [-0.05, 0) is 24.8 Å². The standard InChI is InChI=1S/C16H24N2O2.ClH/c17-9-10-18(13-14-6-2-1-3-7-14)16(19)12-15-8-4-5-11-20-15;/h1-3,6-7,15H,4-5,8-13,17H2;1H. The maximum Gasteiger partial charge on any atom is 0.225 e. The summed E-state index contributed by atoms with van der Waals surface area (Å²) in [5, 5.41) is 0. The molecule has 1 amide bonds. The fourth-order valence-electron chi connectivity index (χ4n) is 2.54. The fraction of sp³-hybridized carbons (Fsp3) is 0.562. The number of benzene rings is 1. The van der Waals surface area contributed by atoms with Crippen LogP contribution in [0.1, 0.15) is 31.2 Å². The Morgan fingerprint density at radius 2 is 2.05 bits per heavy atom. The van der Waals surface area contributed by atoms with Crippen LogP contribution in [0, 0.1) is 0 Å². The van der Waals surface area contributed by atoms with Crippen LogP contribution in [-0.2, 0) is 16.1 Å². The van der Waals surface area contributed by atoms with Gasteiger partial charge in [0.2, 0.25) is 5.91 Å². The zero-order valence-electron chi connectivity index (χ0n) is 12.4. The quantitative estimate of drug-likeness (QED) is 0.877. The van der Waals surface area contributed by atoms with Gasteiger partial charge in [-0.3, -0.25) is 4.79 Å². The predicted molar refractivity (Wildman–Crippen MR) is 86.4 cm³/mol. The second-order valence-corrected chi connectivity index (χ2v) is 5.28. The van der Waals surface area contributed by atoms with Crippen molar-refractivity contribution in [3.05, 3.63) is 35.9 Å². The van der Waals surface area contributed by atoms with Crippen LogP contribution in [0.3, 0.4) is 0 Å². The molecule has 0 bridgehead atoms. The molecule has 1 unspecified atom stereocenters. The maximum atomic E-state index is 12.4. The Morgan fingerprint density at radius 3 is 2.67 bits per heavy atom. The minimum Gasteiger partial charge on any atom is -0.378 e. The fourth-order valence-corrected chi connectivity index (χ4v) is 2.54. The summed E-state index contributed by atoms with van der Waals surface area (Å²) < 4.78 is 5.65. The first-order valence-electron chi connectivity index (χ1n) is 7.43. The third kappa shape index (κ3) is 6.04. The van der Waals surface area contributed by atoms with Gasteiger partial charge in [-0.15, -0.1) is 12.4 Å². The van der Waals surface area contributed by atoms with Crippen molar-refractivity contribution in [1.82, 2.24) is 4.90 Å². The van der Waals surface area contributed by atoms with Crippen molar-refractivity contribution in [1.29, 1.82) is 0 Å². The van der Waals surface area contributed by atoms with Crippen molar-refractivity contribution < 1.29 is 9.53 Å². The van der Waals surface area contributed by atoms with Crippen LogP contribution in [0.15, 0.2) is 30.3 Å². The molecule has 1 aliphatic rings. The number of rotatable bonds is 6. The predicted octanol–water partition coefficient (Wildman–Crippen LogP) is 2.35. The van der Waals surface area contributed by atoms with E-state index in [2.05, 4.69) is 0 Å². The lowest BCUT2D eigenvalue weighted by Crippen LogP contribution is -2.37. The summed E-state index contributed by atoms with van der Waals surface area (Å²) in [4.78, 5) is 14.2. The summed E-state index contributed by atoms with van der Waals surface area (Å²) in [5.41, 5.74) is 6.77. The van der Waals surface area contributed by atoms with Gasteiger partial charge >= 0.3 is 0 Å². The lowest BCUT2D eigenvalue weighted by Gasteiger charge is -2.27. The largest absolute Gasteiger partial charge is 0.378 e. The Kier molecular flexibility index (Phi) is 8.35. The molecule has 0 radical (unpaired) electrons. The summed E-state index contributed by atoms with van der Waals surface area (Å²) in [7, 11) is 0. The number of carbonyl (C=O) groups excluding carboxylic acids is 1. The van der Waals surface area contributed by atoms with E-state index in [0.717, 1.165) is 31.4 Å². The minimum absolute atomic E-state index is 0. The molecule has 1 aromatic rings. The van der Waals surface area contributed by atoms with Crippen LogP contribution >= 0.6 is 12.4 Å². The first-order chi connectivity index (χ1) is 9.79. The lowest BCUT2D eigenvalue weighted by atomic mass is 10.1. The van der Waals surface area contributed by atoms with Crippen molar-refractivity contribution in [3.8, 4) is 0 Å². The number of nitrogens with zero attached hydrogens (tertiary/aromatic N) is 1. The van der Waals surface area contributed by atoms with Crippen LogP contribution < -0.4 is 5.73 Å². The molecule has 0 spiro atoms. The van der Waals surface area contributed by atoms with Gasteiger partial charge in [0.05, 0.1) is 12.5 Å². The smallest absolute Gasteiger partial charge is 0.225 e. The monoisotopic (exact) mass is 312 g/mol. The van der Waals surface area contributed by atoms with Gasteiger partial charge in [-0.2, -0.15) is 0 Å². The van der Waals surface area contributed by atoms with Gasteiger partial charge in [-0.25, -0.2) is 0 Å². The molecule has 118 valence electrons. The van der Waals surface area contributed by atoms with E-state index in [9.17, 15) is 4.79 Å². The van der Waals surface area contributed by atoms with E-state index < -0.39 is 0 Å². The van der Waals surface area contributed by atoms with Crippen molar-refractivity contribution in [2.24, 2.45) is 5.73 Å². The summed E-state index contributed by atoms with van der Waals surface area (Å²) in [6.07, 6.45) is 3.84. The Balaban J connectivity index is 0.00000220. The van der Waals surface area contributed by atoms with Gasteiger partial charge in [0.25, 0.3) is 0 Å². The summed E-state index contributed by atoms with van der Waals surface area (Å²) >= 11 is 0. The third-order valence-corrected chi connectivity index (χ3v) is 3.64. The zero-order valence-corrected chi connectivity index (χ0v) is 13.2. The van der Waals surface area contributed by atoms with Crippen LogP contribution in [0.25, 0.3) is 0 Å². The molecule has 21 heavy (non-hydrogen) atoms. The molecule has 1 aromatic carbocycles. The van der Waals surface area contributed by atoms with E-state index in [-0.39, 0.29) is 24.4 Å². The number of hydrogen-bond donors (Lipinski definition) is 1. The van der Waals surface area contributed by atoms with E-state index in [1.165, 1.54) is 0 Å². The van der Waals surface area contributed by atoms with Gasteiger partial charge in [0.15, 0.2) is 0 Å². The highest BCUT2D eigenvalue weighted by atomic mass is 35.5. The minimum atomic E-state index is 0. The SMILES string of the molecule is Cl.NCCN(Cc1ccccc1)C(=O)CC1CCCCO1. The molecule has 0 aromatic heterocycles. The molecule has 1 saturated heterocycles. The Labute approximate surface area is 133 Å². The summed E-state index contributed by atoms with van der Waals surface area (Å²) in [5.74, 6) is 0.145. The molecule has 1 heterocycles. The number of nitrogens with two attached hydrogens (primary N) is 1. The number of amides is 1. The van der Waals surface area contributed by atoms with E-state index in [4.69, 9.17) is 10.5 Å². The molecule has 1 atom stereocenters. The number of hydrogen-bond acceptors (Lipinski definition) is 3. The van der Waals surface area contributed by atoms with Crippen molar-refractivity contribution >= 4 is 18.3 Å². The molecule has 4 nitrogen and oxygen atoms in total. The zero-order chi connectivity index (χ0) is 14.2. The number of halogens is 1. The van der Waals surface area contributed by atoms with E-state index in [1.54, 1.807) is 0 Å². The van der Waals surface area contributed by atoms with E-state index in [1.807, 2.05) is 35.2 Å². The number of ether oxygens (including phenoxy) is 1. The molecule has 2 N–H and O–H groups in total. The van der Waals surface area contributed by atoms with Crippen molar-refractivity contribution in [2.75, 3.05) is 19.7 Å².